The maximum absolute atomic E-state index is 14.1. The van der Waals surface area contributed by atoms with Crippen molar-refractivity contribution in [2.45, 2.75) is 32.2 Å². The molecule has 0 unspecified atom stereocenters. The Bertz CT molecular complexity index is 835. The smallest absolute Gasteiger partial charge is 0.309 e. The first-order valence-electron chi connectivity index (χ1n) is 11.0. The van der Waals surface area contributed by atoms with Crippen molar-refractivity contribution in [2.75, 3.05) is 44.2 Å². The van der Waals surface area contributed by atoms with Crippen molar-refractivity contribution in [1.82, 2.24) is 10.6 Å². The highest BCUT2D eigenvalue weighted by molar-refractivity contribution is 6.35. The summed E-state index contributed by atoms with van der Waals surface area (Å²) in [5, 5.41) is 5.42. The van der Waals surface area contributed by atoms with Crippen molar-refractivity contribution in [3.05, 3.63) is 54.2 Å². The third kappa shape index (κ3) is 6.30. The third-order valence-electron chi connectivity index (χ3n) is 5.72. The number of hydrogen-bond donors (Lipinski definition) is 3. The zero-order valence-corrected chi connectivity index (χ0v) is 18.0. The number of anilines is 1. The lowest BCUT2D eigenvalue weighted by Gasteiger charge is -2.37. The summed E-state index contributed by atoms with van der Waals surface area (Å²) < 4.78 is 19.7. The lowest BCUT2D eigenvalue weighted by atomic mass is 10.1. The fourth-order valence-corrected chi connectivity index (χ4v) is 3.96. The molecule has 7 nitrogen and oxygen atoms in total. The van der Waals surface area contributed by atoms with Gasteiger partial charge in [-0.15, -0.1) is 0 Å². The van der Waals surface area contributed by atoms with Crippen LogP contribution in [0.25, 0.3) is 0 Å². The van der Waals surface area contributed by atoms with E-state index in [4.69, 9.17) is 4.42 Å². The van der Waals surface area contributed by atoms with Gasteiger partial charge in [-0.3, -0.25) is 9.59 Å². The average molecular weight is 432 g/mol. The normalized spacial score (nSPS) is 15.5. The van der Waals surface area contributed by atoms with Gasteiger partial charge < -0.3 is 24.9 Å². The van der Waals surface area contributed by atoms with Crippen LogP contribution in [-0.2, 0) is 9.59 Å². The molecule has 1 aromatic heterocycles. The van der Waals surface area contributed by atoms with Crippen LogP contribution in [0.15, 0.2) is 47.1 Å². The lowest BCUT2D eigenvalue weighted by Crippen LogP contribution is -3.15. The second kappa shape index (κ2) is 11.5. The Hall–Kier alpha value is -2.87. The van der Waals surface area contributed by atoms with Gasteiger partial charge in [0, 0.05) is 6.54 Å². The number of carbonyl (C=O) groups excluding carboxylic acids is 2. The molecule has 2 aromatic rings. The zero-order chi connectivity index (χ0) is 22.1. The molecule has 1 fully saturated rings. The van der Waals surface area contributed by atoms with Crippen molar-refractivity contribution in [3.63, 3.8) is 0 Å². The minimum Gasteiger partial charge on any atom is -0.463 e. The Morgan fingerprint density at radius 3 is 2.52 bits per heavy atom. The van der Waals surface area contributed by atoms with E-state index in [1.807, 2.05) is 23.1 Å². The molecule has 0 radical (unpaired) electrons. The first kappa shape index (κ1) is 22.8. The highest BCUT2D eigenvalue weighted by Gasteiger charge is 2.32. The molecule has 3 rings (SSSR count). The monoisotopic (exact) mass is 431 g/mol. The second-order valence-electron chi connectivity index (χ2n) is 7.84. The van der Waals surface area contributed by atoms with E-state index in [1.165, 1.54) is 11.0 Å². The highest BCUT2D eigenvalue weighted by Crippen LogP contribution is 2.19. The number of nitrogens with zero attached hydrogens (tertiary/aromatic N) is 1. The number of furan rings is 1. The molecule has 1 aliphatic heterocycles. The van der Waals surface area contributed by atoms with Crippen molar-refractivity contribution in [1.29, 1.82) is 0 Å². The predicted octanol–water partition coefficient (Wildman–Crippen LogP) is 1.29. The van der Waals surface area contributed by atoms with E-state index in [-0.39, 0.29) is 11.9 Å². The number of quaternary nitrogens is 1. The van der Waals surface area contributed by atoms with E-state index < -0.39 is 11.8 Å². The van der Waals surface area contributed by atoms with Crippen LogP contribution in [0.1, 0.15) is 38.0 Å². The van der Waals surface area contributed by atoms with Crippen LogP contribution in [0.2, 0.25) is 0 Å². The number of carbonyl (C=O) groups is 2. The van der Waals surface area contributed by atoms with E-state index in [9.17, 15) is 14.0 Å². The molecule has 2 heterocycles. The minimum atomic E-state index is -0.627. The van der Waals surface area contributed by atoms with E-state index in [1.54, 1.807) is 18.4 Å². The van der Waals surface area contributed by atoms with Crippen molar-refractivity contribution in [2.24, 2.45) is 0 Å². The molecule has 1 saturated heterocycles. The van der Waals surface area contributed by atoms with Crippen LogP contribution in [0.3, 0.4) is 0 Å². The van der Waals surface area contributed by atoms with Gasteiger partial charge in [-0.1, -0.05) is 31.9 Å². The summed E-state index contributed by atoms with van der Waals surface area (Å²) in [4.78, 5) is 27.5. The van der Waals surface area contributed by atoms with Crippen molar-refractivity contribution in [3.8, 4) is 0 Å². The fourth-order valence-electron chi connectivity index (χ4n) is 3.96. The summed E-state index contributed by atoms with van der Waals surface area (Å²) >= 11 is 0. The van der Waals surface area contributed by atoms with Crippen LogP contribution in [0, 0.1) is 5.82 Å². The highest BCUT2D eigenvalue weighted by atomic mass is 19.1. The number of amides is 2. The number of benzene rings is 1. The van der Waals surface area contributed by atoms with Crippen molar-refractivity contribution < 1.29 is 23.3 Å². The molecule has 0 spiro atoms. The molecule has 168 valence electrons. The third-order valence-corrected chi connectivity index (χ3v) is 5.72. The van der Waals surface area contributed by atoms with Gasteiger partial charge in [-0.05, 0) is 30.7 Å². The van der Waals surface area contributed by atoms with Gasteiger partial charge in [0.15, 0.2) is 11.8 Å². The molecule has 3 N–H and O–H groups in total. The summed E-state index contributed by atoms with van der Waals surface area (Å²) in [6.45, 7) is 5.80. The van der Waals surface area contributed by atoms with Crippen molar-refractivity contribution >= 4 is 17.5 Å². The number of hydrogen-bond acceptors (Lipinski definition) is 4. The number of nitrogens with one attached hydrogen (secondary N) is 3. The van der Waals surface area contributed by atoms with E-state index in [2.05, 4.69) is 17.6 Å². The molecule has 0 aliphatic carbocycles. The van der Waals surface area contributed by atoms with Gasteiger partial charge in [0.25, 0.3) is 0 Å². The number of para-hydroxylation sites is 1. The number of halogens is 1. The topological polar surface area (TPSA) is 79.0 Å². The maximum atomic E-state index is 14.1. The molecule has 0 bridgehead atoms. The standard InChI is InChI=1S/C23H31FN4O3/c1-2-3-6-11-25-22(29)23(30)26-17-20(21-10-7-16-31-21)28-14-12-27(13-15-28)19-9-5-4-8-18(19)24/h4-5,7-10,16,20H,2-3,6,11-15,17H2,1H3,(H,25,29)(H,26,30)/p+1/t20-/m0/s1. The van der Waals surface area contributed by atoms with Crippen LogP contribution in [0.4, 0.5) is 10.1 Å². The Labute approximate surface area is 182 Å². The SMILES string of the molecule is CCCCCNC(=O)C(=O)NC[C@@H](c1ccco1)[NH+]1CCN(c2ccccc2F)CC1. The van der Waals surface area contributed by atoms with Gasteiger partial charge >= 0.3 is 11.8 Å². The lowest BCUT2D eigenvalue weighted by molar-refractivity contribution is -0.932. The number of rotatable bonds is 9. The van der Waals surface area contributed by atoms with Crippen LogP contribution in [-0.4, -0.2) is 51.1 Å². The van der Waals surface area contributed by atoms with Gasteiger partial charge in [-0.2, -0.15) is 0 Å². The van der Waals surface area contributed by atoms with Crippen LogP contribution >= 0.6 is 0 Å². The largest absolute Gasteiger partial charge is 0.463 e. The van der Waals surface area contributed by atoms with Crippen LogP contribution < -0.4 is 20.4 Å². The maximum Gasteiger partial charge on any atom is 0.309 e. The van der Waals surface area contributed by atoms with Gasteiger partial charge in [0.2, 0.25) is 0 Å². The average Bonchev–Trinajstić information content (AvgIpc) is 3.32. The minimum absolute atomic E-state index is 0.116. The predicted molar refractivity (Wildman–Crippen MR) is 116 cm³/mol. The molecule has 0 saturated carbocycles. The first-order chi connectivity index (χ1) is 15.1. The Balaban J connectivity index is 1.55. The second-order valence-corrected chi connectivity index (χ2v) is 7.84. The molecule has 2 amide bonds. The molecular formula is C23H32FN4O3+. The van der Waals surface area contributed by atoms with E-state index >= 15 is 0 Å². The molecule has 31 heavy (non-hydrogen) atoms. The molecule has 8 heteroatoms. The number of unbranched alkanes of at least 4 members (excludes halogenated alkanes) is 2. The summed E-state index contributed by atoms with van der Waals surface area (Å²) in [7, 11) is 0. The Morgan fingerprint density at radius 2 is 1.84 bits per heavy atom. The summed E-state index contributed by atoms with van der Waals surface area (Å²) in [6.07, 6.45) is 4.55. The fraction of sp³-hybridized carbons (Fsp3) is 0.478. The summed E-state index contributed by atoms with van der Waals surface area (Å²) in [5.41, 5.74) is 0.615. The molecular weight excluding hydrogens is 399 g/mol. The van der Waals surface area contributed by atoms with Gasteiger partial charge in [-0.25, -0.2) is 4.39 Å². The number of piperazine rings is 1. The van der Waals surface area contributed by atoms with Gasteiger partial charge in [0.05, 0.1) is 44.7 Å². The first-order valence-corrected chi connectivity index (χ1v) is 11.0. The molecule has 1 atom stereocenters. The van der Waals surface area contributed by atoms with E-state index in [0.29, 0.717) is 31.9 Å². The summed E-state index contributed by atoms with van der Waals surface area (Å²) in [5.74, 6) is -0.685. The molecule has 1 aliphatic rings. The van der Waals surface area contributed by atoms with Crippen LogP contribution in [0.5, 0.6) is 0 Å². The van der Waals surface area contributed by atoms with E-state index in [0.717, 1.165) is 38.1 Å². The van der Waals surface area contributed by atoms with Gasteiger partial charge in [0.1, 0.15) is 5.82 Å². The Kier molecular flexibility index (Phi) is 8.46. The zero-order valence-electron chi connectivity index (χ0n) is 18.0. The molecule has 1 aromatic carbocycles. The summed E-state index contributed by atoms with van der Waals surface area (Å²) in [6, 6.07) is 10.4. The quantitative estimate of drug-likeness (QED) is 0.413. The Morgan fingerprint density at radius 1 is 1.10 bits per heavy atom.